The lowest BCUT2D eigenvalue weighted by Crippen LogP contribution is -2.48. The number of carbonyl (C=O) groups is 1. The van der Waals surface area contributed by atoms with Gasteiger partial charge in [-0.3, -0.25) is 14.3 Å². The normalized spacial score (nSPS) is 14.2. The molecule has 1 saturated heterocycles. The van der Waals surface area contributed by atoms with Gasteiger partial charge < -0.3 is 4.90 Å². The van der Waals surface area contributed by atoms with Crippen LogP contribution in [0.1, 0.15) is 16.7 Å². The van der Waals surface area contributed by atoms with Crippen LogP contribution in [0.15, 0.2) is 84.0 Å². The smallest absolute Gasteiger partial charge is 0.233 e. The molecule has 5 rings (SSSR count). The van der Waals surface area contributed by atoms with Crippen molar-refractivity contribution in [2.75, 3.05) is 31.9 Å². The highest BCUT2D eigenvalue weighted by Gasteiger charge is 2.23. The molecule has 36 heavy (non-hydrogen) atoms. The van der Waals surface area contributed by atoms with Crippen LogP contribution < -0.4 is 0 Å². The molecule has 0 saturated carbocycles. The molecule has 1 aliphatic rings. The molecule has 0 bridgehead atoms. The summed E-state index contributed by atoms with van der Waals surface area (Å²) in [6.07, 6.45) is 0. The van der Waals surface area contributed by atoms with E-state index >= 15 is 0 Å². The number of aryl methyl sites for hydroxylation is 2. The molecule has 4 aromatic rings. The first-order valence-electron chi connectivity index (χ1n) is 12.3. The van der Waals surface area contributed by atoms with E-state index in [-0.39, 0.29) is 5.91 Å². The van der Waals surface area contributed by atoms with Crippen molar-refractivity contribution in [2.24, 2.45) is 0 Å². The average Bonchev–Trinajstić information content (AvgIpc) is 3.33. The van der Waals surface area contributed by atoms with Crippen molar-refractivity contribution in [3.63, 3.8) is 0 Å². The molecule has 6 nitrogen and oxygen atoms in total. The fourth-order valence-electron chi connectivity index (χ4n) is 4.39. The number of carbonyl (C=O) groups excluding carboxylic acids is 1. The molecular formula is C29H31N5OS. The number of piperazine rings is 1. The first-order chi connectivity index (χ1) is 17.6. The summed E-state index contributed by atoms with van der Waals surface area (Å²) < 4.78 is 2.06. The van der Waals surface area contributed by atoms with Crippen molar-refractivity contribution in [1.82, 2.24) is 24.6 Å². The third kappa shape index (κ3) is 5.69. The first kappa shape index (κ1) is 24.3. The van der Waals surface area contributed by atoms with E-state index in [0.29, 0.717) is 5.75 Å². The molecule has 3 aromatic carbocycles. The lowest BCUT2D eigenvalue weighted by Gasteiger charge is -2.34. The average molecular weight is 498 g/mol. The van der Waals surface area contributed by atoms with Crippen LogP contribution in [0.5, 0.6) is 0 Å². The summed E-state index contributed by atoms with van der Waals surface area (Å²) in [5.41, 5.74) is 5.70. The topological polar surface area (TPSA) is 54.3 Å². The van der Waals surface area contributed by atoms with Gasteiger partial charge in [0.1, 0.15) is 0 Å². The van der Waals surface area contributed by atoms with Crippen molar-refractivity contribution in [1.29, 1.82) is 0 Å². The van der Waals surface area contributed by atoms with E-state index in [2.05, 4.69) is 106 Å². The summed E-state index contributed by atoms with van der Waals surface area (Å²) in [6.45, 7) is 8.37. The lowest BCUT2D eigenvalue weighted by atomic mass is 10.1. The van der Waals surface area contributed by atoms with E-state index in [1.807, 2.05) is 11.0 Å². The number of thioether (sulfide) groups is 1. The van der Waals surface area contributed by atoms with E-state index in [0.717, 1.165) is 55.0 Å². The molecule has 0 radical (unpaired) electrons. The Morgan fingerprint density at radius 2 is 1.44 bits per heavy atom. The molecule has 2 heterocycles. The second-order valence-corrected chi connectivity index (χ2v) is 10.2. The van der Waals surface area contributed by atoms with Gasteiger partial charge in [-0.25, -0.2) is 0 Å². The second kappa shape index (κ2) is 11.1. The maximum Gasteiger partial charge on any atom is 0.233 e. The maximum absolute atomic E-state index is 13.1. The molecule has 0 unspecified atom stereocenters. The van der Waals surface area contributed by atoms with E-state index in [1.165, 1.54) is 28.5 Å². The molecule has 0 atom stereocenters. The SMILES string of the molecule is Cc1ccc(-c2nnc(SCC(=O)N3CCN(Cc4ccccc4)CC3)n2-c2ccc(C)cc2)cc1. The van der Waals surface area contributed by atoms with Crippen molar-refractivity contribution in [2.45, 2.75) is 25.5 Å². The zero-order chi connectivity index (χ0) is 24.9. The van der Waals surface area contributed by atoms with Crippen molar-refractivity contribution >= 4 is 17.7 Å². The first-order valence-corrected chi connectivity index (χ1v) is 13.3. The van der Waals surface area contributed by atoms with Gasteiger partial charge in [-0.2, -0.15) is 0 Å². The molecule has 1 aliphatic heterocycles. The summed E-state index contributed by atoms with van der Waals surface area (Å²) in [5.74, 6) is 1.27. The molecule has 1 fully saturated rings. The Bertz CT molecular complexity index is 1290. The van der Waals surface area contributed by atoms with Gasteiger partial charge in [0, 0.05) is 44.0 Å². The second-order valence-electron chi connectivity index (χ2n) is 9.27. The third-order valence-electron chi connectivity index (χ3n) is 6.53. The third-order valence-corrected chi connectivity index (χ3v) is 7.45. The van der Waals surface area contributed by atoms with Crippen LogP contribution >= 0.6 is 11.8 Å². The molecule has 0 spiro atoms. The van der Waals surface area contributed by atoms with Crippen LogP contribution in [0.25, 0.3) is 17.1 Å². The van der Waals surface area contributed by atoms with Gasteiger partial charge in [0.2, 0.25) is 5.91 Å². The molecule has 1 aromatic heterocycles. The largest absolute Gasteiger partial charge is 0.339 e. The summed E-state index contributed by atoms with van der Waals surface area (Å²) in [6, 6.07) is 27.1. The molecule has 7 heteroatoms. The van der Waals surface area contributed by atoms with E-state index in [1.54, 1.807) is 0 Å². The Kier molecular flexibility index (Phi) is 7.49. The van der Waals surface area contributed by atoms with Crippen molar-refractivity contribution in [3.05, 3.63) is 95.6 Å². The van der Waals surface area contributed by atoms with Crippen LogP contribution in [-0.4, -0.2) is 62.4 Å². The minimum Gasteiger partial charge on any atom is -0.339 e. The van der Waals surface area contributed by atoms with Gasteiger partial charge >= 0.3 is 0 Å². The minimum absolute atomic E-state index is 0.148. The summed E-state index contributed by atoms with van der Waals surface area (Å²) in [7, 11) is 0. The molecule has 0 aliphatic carbocycles. The fraction of sp³-hybridized carbons (Fsp3) is 0.276. The highest BCUT2D eigenvalue weighted by molar-refractivity contribution is 7.99. The van der Waals surface area contributed by atoms with Gasteiger partial charge in [0.05, 0.1) is 5.75 Å². The standard InChI is InChI=1S/C29H31N5OS/c1-22-8-12-25(13-9-22)28-30-31-29(34(28)26-14-10-23(2)11-15-26)36-21-27(35)33-18-16-32(17-19-33)20-24-6-4-3-5-7-24/h3-15H,16-21H2,1-2H3. The summed E-state index contributed by atoms with van der Waals surface area (Å²) >= 11 is 1.45. The number of benzene rings is 3. The number of rotatable bonds is 7. The Hall–Kier alpha value is -3.42. The Balaban J connectivity index is 1.26. The highest BCUT2D eigenvalue weighted by Crippen LogP contribution is 2.28. The monoisotopic (exact) mass is 497 g/mol. The van der Waals surface area contributed by atoms with Crippen molar-refractivity contribution in [3.8, 4) is 17.1 Å². The van der Waals surface area contributed by atoms with E-state index in [9.17, 15) is 4.79 Å². The summed E-state index contributed by atoms with van der Waals surface area (Å²) in [5, 5.41) is 9.73. The molecule has 1 amide bonds. The lowest BCUT2D eigenvalue weighted by molar-refractivity contribution is -0.130. The maximum atomic E-state index is 13.1. The zero-order valence-electron chi connectivity index (χ0n) is 20.8. The van der Waals surface area contributed by atoms with E-state index in [4.69, 9.17) is 0 Å². The number of aromatic nitrogens is 3. The van der Waals surface area contributed by atoms with E-state index < -0.39 is 0 Å². The zero-order valence-corrected chi connectivity index (χ0v) is 21.6. The van der Waals surface area contributed by atoms with Gasteiger partial charge in [-0.1, -0.05) is 89.6 Å². The van der Waals surface area contributed by atoms with Crippen LogP contribution in [-0.2, 0) is 11.3 Å². The number of nitrogens with zero attached hydrogens (tertiary/aromatic N) is 5. The van der Waals surface area contributed by atoms with Crippen molar-refractivity contribution < 1.29 is 4.79 Å². The van der Waals surface area contributed by atoms with Gasteiger partial charge in [0.25, 0.3) is 0 Å². The Labute approximate surface area is 217 Å². The van der Waals surface area contributed by atoms with Gasteiger partial charge in [0.15, 0.2) is 11.0 Å². The number of amides is 1. The predicted octanol–water partition coefficient (Wildman–Crippen LogP) is 4.99. The highest BCUT2D eigenvalue weighted by atomic mass is 32.2. The van der Waals surface area contributed by atoms with Crippen LogP contribution in [0.2, 0.25) is 0 Å². The summed E-state index contributed by atoms with van der Waals surface area (Å²) in [4.78, 5) is 17.5. The molecular weight excluding hydrogens is 466 g/mol. The van der Waals surface area contributed by atoms with Gasteiger partial charge in [-0.05, 0) is 31.5 Å². The molecule has 184 valence electrons. The number of hydrogen-bond acceptors (Lipinski definition) is 5. The Morgan fingerprint density at radius 3 is 2.11 bits per heavy atom. The van der Waals surface area contributed by atoms with Crippen LogP contribution in [0.4, 0.5) is 0 Å². The number of hydrogen-bond donors (Lipinski definition) is 0. The quantitative estimate of drug-likeness (QED) is 0.337. The van der Waals surface area contributed by atoms with Gasteiger partial charge in [-0.15, -0.1) is 10.2 Å². The fourth-order valence-corrected chi connectivity index (χ4v) is 5.25. The minimum atomic E-state index is 0.148. The van der Waals surface area contributed by atoms with Crippen LogP contribution in [0.3, 0.4) is 0 Å². The predicted molar refractivity (Wildman–Crippen MR) is 145 cm³/mol. The molecule has 0 N–H and O–H groups in total. The Morgan fingerprint density at radius 1 is 0.806 bits per heavy atom. The van der Waals surface area contributed by atoms with Crippen LogP contribution in [0, 0.1) is 13.8 Å².